The van der Waals surface area contributed by atoms with Gasteiger partial charge in [-0.25, -0.2) is 9.97 Å². The van der Waals surface area contributed by atoms with Gasteiger partial charge < -0.3 is 10.4 Å². The summed E-state index contributed by atoms with van der Waals surface area (Å²) in [6.07, 6.45) is 9.82. The molecule has 0 radical (unpaired) electrons. The lowest BCUT2D eigenvalue weighted by atomic mass is 9.97. The molecule has 0 bridgehead atoms. The normalized spacial score (nSPS) is 15.3. The number of fused-ring (bicyclic) bond motifs is 3. The van der Waals surface area contributed by atoms with Crippen LogP contribution in [0, 0.1) is 0 Å². The van der Waals surface area contributed by atoms with E-state index in [-0.39, 0.29) is 12.6 Å². The monoisotopic (exact) mass is 326 g/mol. The number of nitrogens with one attached hydrogen (secondary N) is 1. The van der Waals surface area contributed by atoms with Gasteiger partial charge in [-0.2, -0.15) is 0 Å². The van der Waals surface area contributed by atoms with E-state index in [9.17, 15) is 5.11 Å². The molecule has 0 amide bonds. The van der Waals surface area contributed by atoms with E-state index in [1.54, 1.807) is 30.1 Å². The lowest BCUT2D eigenvalue weighted by Gasteiger charge is -2.18. The topological polar surface area (TPSA) is 70.9 Å². The summed E-state index contributed by atoms with van der Waals surface area (Å²) in [7, 11) is 0. The molecule has 3 aromatic heterocycles. The minimum atomic E-state index is -0.221. The summed E-state index contributed by atoms with van der Waals surface area (Å²) in [6, 6.07) is 3.62. The van der Waals surface area contributed by atoms with E-state index in [2.05, 4.69) is 20.3 Å². The smallest absolute Gasteiger partial charge is 0.139 e. The van der Waals surface area contributed by atoms with Gasteiger partial charge in [0.2, 0.25) is 0 Å². The highest BCUT2D eigenvalue weighted by Crippen LogP contribution is 2.38. The average molecular weight is 326 g/mol. The molecular formula is C17H18N4OS. The molecule has 23 heavy (non-hydrogen) atoms. The van der Waals surface area contributed by atoms with Crippen LogP contribution in [0.4, 0.5) is 5.82 Å². The molecule has 5 nitrogen and oxygen atoms in total. The second kappa shape index (κ2) is 6.22. The third-order valence-electron chi connectivity index (χ3n) is 4.33. The predicted molar refractivity (Wildman–Crippen MR) is 91.7 cm³/mol. The SMILES string of the molecule is OC[C@@H](Nc1ncnc2sc3c(c12)CCCC3)c1cccnc1. The Balaban J connectivity index is 1.75. The summed E-state index contributed by atoms with van der Waals surface area (Å²) >= 11 is 1.78. The Morgan fingerprint density at radius 2 is 2.17 bits per heavy atom. The van der Waals surface area contributed by atoms with Crippen LogP contribution < -0.4 is 5.32 Å². The number of thiophene rings is 1. The summed E-state index contributed by atoms with van der Waals surface area (Å²) < 4.78 is 0. The van der Waals surface area contributed by atoms with Gasteiger partial charge in [-0.1, -0.05) is 6.07 Å². The predicted octanol–water partition coefficient (Wildman–Crippen LogP) is 3.11. The molecule has 0 saturated heterocycles. The van der Waals surface area contributed by atoms with Crippen molar-refractivity contribution >= 4 is 27.4 Å². The zero-order valence-corrected chi connectivity index (χ0v) is 13.5. The van der Waals surface area contributed by atoms with Crippen molar-refractivity contribution in [3.8, 4) is 0 Å². The Bertz CT molecular complexity index is 818. The Kier molecular flexibility index (Phi) is 3.93. The van der Waals surface area contributed by atoms with Gasteiger partial charge in [-0.15, -0.1) is 11.3 Å². The summed E-state index contributed by atoms with van der Waals surface area (Å²) in [5.74, 6) is 0.817. The van der Waals surface area contributed by atoms with Crippen LogP contribution in [0.1, 0.15) is 34.9 Å². The second-order valence-electron chi connectivity index (χ2n) is 5.78. The van der Waals surface area contributed by atoms with Crippen molar-refractivity contribution < 1.29 is 5.11 Å². The molecule has 6 heteroatoms. The Hall–Kier alpha value is -2.05. The van der Waals surface area contributed by atoms with Crippen LogP contribution in [0.5, 0.6) is 0 Å². The fourth-order valence-electron chi connectivity index (χ4n) is 3.18. The van der Waals surface area contributed by atoms with Crippen LogP contribution in [0.2, 0.25) is 0 Å². The first-order valence-corrected chi connectivity index (χ1v) is 8.71. The quantitative estimate of drug-likeness (QED) is 0.771. The maximum atomic E-state index is 9.77. The first-order chi connectivity index (χ1) is 11.4. The molecule has 3 aromatic rings. The minimum Gasteiger partial charge on any atom is -0.394 e. The van der Waals surface area contributed by atoms with Crippen molar-refractivity contribution in [3.63, 3.8) is 0 Å². The molecule has 1 aliphatic rings. The van der Waals surface area contributed by atoms with Crippen LogP contribution in [0.3, 0.4) is 0 Å². The van der Waals surface area contributed by atoms with Crippen LogP contribution in [-0.4, -0.2) is 26.7 Å². The van der Waals surface area contributed by atoms with Gasteiger partial charge in [-0.05, 0) is 42.9 Å². The molecule has 118 valence electrons. The Morgan fingerprint density at radius 1 is 1.26 bits per heavy atom. The zero-order valence-electron chi connectivity index (χ0n) is 12.7. The molecule has 0 saturated carbocycles. The fraction of sp³-hybridized carbons (Fsp3) is 0.353. The molecule has 0 spiro atoms. The molecule has 4 rings (SSSR count). The molecule has 0 aliphatic heterocycles. The van der Waals surface area contributed by atoms with Crippen molar-refractivity contribution in [2.45, 2.75) is 31.7 Å². The standard InChI is InChI=1S/C17H18N4OS/c22-9-13(11-4-3-7-18-8-11)21-16-15-12-5-1-2-6-14(12)23-17(15)20-10-19-16/h3-4,7-8,10,13,22H,1-2,5-6,9H2,(H,19,20,21)/t13-/m1/s1. The minimum absolute atomic E-state index is 0.0104. The van der Waals surface area contributed by atoms with Gasteiger partial charge in [0.05, 0.1) is 18.0 Å². The van der Waals surface area contributed by atoms with Gasteiger partial charge in [-0.3, -0.25) is 4.98 Å². The number of aryl methyl sites for hydroxylation is 2. The number of rotatable bonds is 4. The van der Waals surface area contributed by atoms with Crippen LogP contribution >= 0.6 is 11.3 Å². The largest absolute Gasteiger partial charge is 0.394 e. The van der Waals surface area contributed by atoms with E-state index in [4.69, 9.17) is 0 Å². The molecule has 0 aromatic carbocycles. The highest BCUT2D eigenvalue weighted by Gasteiger charge is 2.21. The first kappa shape index (κ1) is 14.5. The van der Waals surface area contributed by atoms with Crippen molar-refractivity contribution in [1.82, 2.24) is 15.0 Å². The van der Waals surface area contributed by atoms with Gasteiger partial charge in [0.15, 0.2) is 0 Å². The second-order valence-corrected chi connectivity index (χ2v) is 6.86. The number of aromatic nitrogens is 3. The summed E-state index contributed by atoms with van der Waals surface area (Å²) in [5, 5.41) is 14.3. The van der Waals surface area contributed by atoms with Crippen LogP contribution in [-0.2, 0) is 12.8 Å². The van der Waals surface area contributed by atoms with Gasteiger partial charge >= 0.3 is 0 Å². The lowest BCUT2D eigenvalue weighted by molar-refractivity contribution is 0.276. The highest BCUT2D eigenvalue weighted by atomic mass is 32.1. The van der Waals surface area contributed by atoms with Crippen molar-refractivity contribution in [1.29, 1.82) is 0 Å². The number of hydrogen-bond donors (Lipinski definition) is 2. The maximum absolute atomic E-state index is 9.77. The summed E-state index contributed by atoms with van der Waals surface area (Å²) in [6.45, 7) is -0.0104. The molecule has 0 fully saturated rings. The van der Waals surface area contributed by atoms with E-state index in [1.165, 1.54) is 23.3 Å². The Labute approximate surface area is 138 Å². The van der Waals surface area contributed by atoms with E-state index in [0.29, 0.717) is 0 Å². The van der Waals surface area contributed by atoms with Crippen LogP contribution in [0.15, 0.2) is 30.9 Å². The third kappa shape index (κ3) is 2.68. The third-order valence-corrected chi connectivity index (χ3v) is 5.53. The lowest BCUT2D eigenvalue weighted by Crippen LogP contribution is -2.16. The molecule has 1 aliphatic carbocycles. The zero-order chi connectivity index (χ0) is 15.6. The molecule has 0 unspecified atom stereocenters. The molecular weight excluding hydrogens is 308 g/mol. The Morgan fingerprint density at radius 3 is 3.00 bits per heavy atom. The number of anilines is 1. The first-order valence-electron chi connectivity index (χ1n) is 7.89. The van der Waals surface area contributed by atoms with E-state index in [0.717, 1.165) is 34.4 Å². The van der Waals surface area contributed by atoms with Crippen molar-refractivity contribution in [2.24, 2.45) is 0 Å². The maximum Gasteiger partial charge on any atom is 0.139 e. The van der Waals surface area contributed by atoms with E-state index in [1.807, 2.05) is 12.1 Å². The number of nitrogens with zero attached hydrogens (tertiary/aromatic N) is 3. The number of hydrogen-bond acceptors (Lipinski definition) is 6. The number of pyridine rings is 1. The average Bonchev–Trinajstić information content (AvgIpc) is 2.99. The number of aliphatic hydroxyl groups is 1. The van der Waals surface area contributed by atoms with Crippen LogP contribution in [0.25, 0.3) is 10.2 Å². The van der Waals surface area contributed by atoms with Crippen molar-refractivity contribution in [2.75, 3.05) is 11.9 Å². The number of aliphatic hydroxyl groups excluding tert-OH is 1. The molecule has 3 heterocycles. The molecule has 2 N–H and O–H groups in total. The summed E-state index contributed by atoms with van der Waals surface area (Å²) in [5.41, 5.74) is 2.34. The van der Waals surface area contributed by atoms with Gasteiger partial charge in [0, 0.05) is 17.3 Å². The van der Waals surface area contributed by atoms with Gasteiger partial charge in [0.25, 0.3) is 0 Å². The molecule has 1 atom stereocenters. The highest BCUT2D eigenvalue weighted by molar-refractivity contribution is 7.19. The fourth-order valence-corrected chi connectivity index (χ4v) is 4.41. The van der Waals surface area contributed by atoms with Crippen molar-refractivity contribution in [3.05, 3.63) is 46.9 Å². The summed E-state index contributed by atoms with van der Waals surface area (Å²) in [4.78, 5) is 15.5. The van der Waals surface area contributed by atoms with Gasteiger partial charge in [0.1, 0.15) is 17.0 Å². The van der Waals surface area contributed by atoms with E-state index >= 15 is 0 Å². The van der Waals surface area contributed by atoms with E-state index < -0.39 is 0 Å².